The van der Waals surface area contributed by atoms with E-state index in [0.717, 1.165) is 77.6 Å². The van der Waals surface area contributed by atoms with Crippen molar-refractivity contribution in [2.45, 2.75) is 5.41 Å². The summed E-state index contributed by atoms with van der Waals surface area (Å²) in [5, 5.41) is 4.16. The fraction of sp³-hybridized carbons (Fsp3) is 0.0164. The minimum Gasteiger partial charge on any atom is -0.456 e. The average molecular weight is 818 g/mol. The Morgan fingerprint density at radius 2 is 0.891 bits per heavy atom. The van der Waals surface area contributed by atoms with Crippen molar-refractivity contribution in [1.82, 2.24) is 0 Å². The van der Waals surface area contributed by atoms with Crippen molar-refractivity contribution < 1.29 is 8.83 Å². The SMILES string of the molecule is c1ccc(-c2ccc(N(c3cccc4c3-c3ccccc3C4(c3ccccc3)c3ccccc3)c3cccc4c3oc3cc5c(cc34)oc3cccc(-c4ccccc4)c35)cc2)cc1. The number of rotatable bonds is 7. The molecule has 0 unspecified atom stereocenters. The van der Waals surface area contributed by atoms with Crippen molar-refractivity contribution in [3.05, 3.63) is 259 Å². The molecule has 0 saturated carbocycles. The molecule has 0 fully saturated rings. The Hall–Kier alpha value is -8.40. The molecule has 1 aliphatic carbocycles. The molecule has 0 saturated heterocycles. The molecule has 3 nitrogen and oxygen atoms in total. The number of hydrogen-bond donors (Lipinski definition) is 0. The van der Waals surface area contributed by atoms with Gasteiger partial charge >= 0.3 is 0 Å². The zero-order valence-electron chi connectivity index (χ0n) is 34.8. The summed E-state index contributed by atoms with van der Waals surface area (Å²) in [6, 6.07) is 85.0. The number of para-hydroxylation sites is 1. The highest BCUT2D eigenvalue weighted by atomic mass is 16.3. The van der Waals surface area contributed by atoms with Gasteiger partial charge in [-0.05, 0) is 92.5 Å². The van der Waals surface area contributed by atoms with Crippen molar-refractivity contribution >= 4 is 60.9 Å². The van der Waals surface area contributed by atoms with Crippen LogP contribution in [0.15, 0.2) is 245 Å². The predicted molar refractivity (Wildman–Crippen MR) is 264 cm³/mol. The summed E-state index contributed by atoms with van der Waals surface area (Å²) < 4.78 is 13.8. The van der Waals surface area contributed by atoms with E-state index in [1.807, 2.05) is 0 Å². The van der Waals surface area contributed by atoms with E-state index in [0.29, 0.717) is 0 Å². The van der Waals surface area contributed by atoms with Gasteiger partial charge in [0.25, 0.3) is 0 Å². The van der Waals surface area contributed by atoms with Crippen molar-refractivity contribution in [2.75, 3.05) is 4.90 Å². The largest absolute Gasteiger partial charge is 0.456 e. The highest BCUT2D eigenvalue weighted by molar-refractivity contribution is 6.19. The topological polar surface area (TPSA) is 29.5 Å². The van der Waals surface area contributed by atoms with Gasteiger partial charge in [0.05, 0.1) is 16.8 Å². The van der Waals surface area contributed by atoms with E-state index in [1.54, 1.807) is 0 Å². The highest BCUT2D eigenvalue weighted by Crippen LogP contribution is 2.60. The molecule has 2 heterocycles. The smallest absolute Gasteiger partial charge is 0.159 e. The molecule has 12 aromatic rings. The van der Waals surface area contributed by atoms with E-state index in [4.69, 9.17) is 8.83 Å². The van der Waals surface area contributed by atoms with Crippen molar-refractivity contribution in [3.63, 3.8) is 0 Å². The molecule has 0 radical (unpaired) electrons. The van der Waals surface area contributed by atoms with Gasteiger partial charge in [0.1, 0.15) is 16.7 Å². The molecular weight excluding hydrogens is 779 g/mol. The van der Waals surface area contributed by atoms with Crippen LogP contribution < -0.4 is 4.90 Å². The molecule has 2 aromatic heterocycles. The molecule has 0 amide bonds. The number of fused-ring (bicyclic) bond motifs is 9. The maximum Gasteiger partial charge on any atom is 0.159 e. The molecule has 13 rings (SSSR count). The van der Waals surface area contributed by atoms with Crippen molar-refractivity contribution in [1.29, 1.82) is 0 Å². The van der Waals surface area contributed by atoms with Crippen LogP contribution in [-0.2, 0) is 5.41 Å². The van der Waals surface area contributed by atoms with Crippen LogP contribution >= 0.6 is 0 Å². The second-order valence-corrected chi connectivity index (χ2v) is 16.7. The molecule has 0 aliphatic heterocycles. The summed E-state index contributed by atoms with van der Waals surface area (Å²) in [6.45, 7) is 0. The Kier molecular flexibility index (Phi) is 8.13. The van der Waals surface area contributed by atoms with Crippen molar-refractivity contribution in [2.24, 2.45) is 0 Å². The zero-order valence-corrected chi connectivity index (χ0v) is 34.8. The number of benzene rings is 10. The molecule has 64 heavy (non-hydrogen) atoms. The first-order valence-electron chi connectivity index (χ1n) is 21.9. The lowest BCUT2D eigenvalue weighted by Crippen LogP contribution is -2.28. The average Bonchev–Trinajstić information content (AvgIpc) is 4.03. The molecular formula is C61H39NO2. The number of anilines is 3. The summed E-state index contributed by atoms with van der Waals surface area (Å²) in [5.41, 5.74) is 17.8. The monoisotopic (exact) mass is 817 g/mol. The Bertz CT molecular complexity index is 3660. The van der Waals surface area contributed by atoms with Gasteiger partial charge in [0.2, 0.25) is 0 Å². The Morgan fingerprint density at radius 3 is 1.62 bits per heavy atom. The highest BCUT2D eigenvalue weighted by Gasteiger charge is 2.47. The number of furan rings is 2. The van der Waals surface area contributed by atoms with Crippen LogP contribution in [0.25, 0.3) is 77.3 Å². The van der Waals surface area contributed by atoms with Crippen LogP contribution in [0.5, 0.6) is 0 Å². The summed E-state index contributed by atoms with van der Waals surface area (Å²) in [7, 11) is 0. The Balaban J connectivity index is 1.08. The zero-order chi connectivity index (χ0) is 42.2. The van der Waals surface area contributed by atoms with Gasteiger partial charge in [-0.15, -0.1) is 0 Å². The second kappa shape index (κ2) is 14.3. The van der Waals surface area contributed by atoms with Gasteiger partial charge in [-0.25, -0.2) is 0 Å². The minimum absolute atomic E-state index is 0.547. The molecule has 0 bridgehead atoms. The van der Waals surface area contributed by atoms with Gasteiger partial charge in [-0.3, -0.25) is 0 Å². The molecule has 0 spiro atoms. The maximum absolute atomic E-state index is 7.16. The van der Waals surface area contributed by atoms with Crippen LogP contribution in [0, 0.1) is 0 Å². The molecule has 3 heteroatoms. The fourth-order valence-corrected chi connectivity index (χ4v) is 10.6. The molecule has 1 aliphatic rings. The van der Waals surface area contributed by atoms with Crippen LogP contribution in [0.2, 0.25) is 0 Å². The Labute approximate surface area is 370 Å². The molecule has 0 atom stereocenters. The van der Waals surface area contributed by atoms with E-state index in [9.17, 15) is 0 Å². The first kappa shape index (κ1) is 36.3. The third-order valence-electron chi connectivity index (χ3n) is 13.4. The normalized spacial score (nSPS) is 12.8. The first-order valence-corrected chi connectivity index (χ1v) is 21.9. The first-order chi connectivity index (χ1) is 31.8. The van der Waals surface area contributed by atoms with Crippen LogP contribution in [-0.4, -0.2) is 0 Å². The van der Waals surface area contributed by atoms with E-state index < -0.39 is 5.41 Å². The summed E-state index contributed by atoms with van der Waals surface area (Å²) in [5.74, 6) is 0. The summed E-state index contributed by atoms with van der Waals surface area (Å²) in [4.78, 5) is 2.41. The standard InChI is InChI=1S/C61H39NO2/c1-5-18-40(19-6-1)41-34-36-45(37-35-41)62(53-31-17-30-52-59(53)48-26-13-14-29-51(48)61(52,43-22-9-3-10-23-43)44-24-11-4-12-25-44)54-32-15-28-47-49-38-57-50(39-56(49)64-60(47)54)58-46(27-16-33-55(58)63-57)42-20-7-2-8-21-42/h1-39H. The fourth-order valence-electron chi connectivity index (χ4n) is 10.6. The Morgan fingerprint density at radius 1 is 0.344 bits per heavy atom. The van der Waals surface area contributed by atoms with Crippen LogP contribution in [0.1, 0.15) is 22.3 Å². The van der Waals surface area contributed by atoms with Crippen molar-refractivity contribution in [3.8, 4) is 33.4 Å². The minimum atomic E-state index is -0.547. The van der Waals surface area contributed by atoms with Gasteiger partial charge in [-0.2, -0.15) is 0 Å². The van der Waals surface area contributed by atoms with Crippen LogP contribution in [0.4, 0.5) is 17.1 Å². The molecule has 300 valence electrons. The van der Waals surface area contributed by atoms with E-state index in [2.05, 4.69) is 241 Å². The van der Waals surface area contributed by atoms with Gasteiger partial charge < -0.3 is 13.7 Å². The molecule has 0 N–H and O–H groups in total. The lowest BCUT2D eigenvalue weighted by atomic mass is 9.68. The van der Waals surface area contributed by atoms with E-state index in [-0.39, 0.29) is 0 Å². The lowest BCUT2D eigenvalue weighted by Gasteiger charge is -2.34. The van der Waals surface area contributed by atoms with E-state index in [1.165, 1.54) is 38.9 Å². The third-order valence-corrected chi connectivity index (χ3v) is 13.4. The second-order valence-electron chi connectivity index (χ2n) is 16.7. The maximum atomic E-state index is 7.16. The van der Waals surface area contributed by atoms with Gasteiger partial charge in [0.15, 0.2) is 5.58 Å². The predicted octanol–water partition coefficient (Wildman–Crippen LogP) is 16.7. The van der Waals surface area contributed by atoms with Gasteiger partial charge in [-0.1, -0.05) is 194 Å². The summed E-state index contributed by atoms with van der Waals surface area (Å²) in [6.07, 6.45) is 0. The third kappa shape index (κ3) is 5.34. The quantitative estimate of drug-likeness (QED) is 0.160. The number of hydrogen-bond acceptors (Lipinski definition) is 3. The summed E-state index contributed by atoms with van der Waals surface area (Å²) >= 11 is 0. The van der Waals surface area contributed by atoms with E-state index >= 15 is 0 Å². The molecule has 10 aromatic carbocycles. The van der Waals surface area contributed by atoms with Gasteiger partial charge in [0, 0.05) is 32.8 Å². The van der Waals surface area contributed by atoms with Crippen LogP contribution in [0.3, 0.4) is 0 Å². The lowest BCUT2D eigenvalue weighted by molar-refractivity contribution is 0.664. The number of nitrogens with zero attached hydrogens (tertiary/aromatic N) is 1.